The molecule has 0 saturated carbocycles. The lowest BCUT2D eigenvalue weighted by Crippen LogP contribution is -2.16. The van der Waals surface area contributed by atoms with Gasteiger partial charge in [-0.15, -0.1) is 16.4 Å². The Kier molecular flexibility index (Phi) is 4.85. The van der Waals surface area contributed by atoms with E-state index >= 15 is 0 Å². The molecule has 9 nitrogen and oxygen atoms in total. The molecule has 29 heavy (non-hydrogen) atoms. The molecule has 0 radical (unpaired) electrons. The topological polar surface area (TPSA) is 112 Å². The Labute approximate surface area is 169 Å². The fourth-order valence-electron chi connectivity index (χ4n) is 2.89. The molecule has 0 aliphatic heterocycles. The minimum Gasteiger partial charge on any atom is -0.464 e. The molecule has 0 aliphatic rings. The van der Waals surface area contributed by atoms with Crippen molar-refractivity contribution in [1.29, 1.82) is 0 Å². The first kappa shape index (κ1) is 18.8. The van der Waals surface area contributed by atoms with Gasteiger partial charge in [0.1, 0.15) is 16.3 Å². The number of esters is 1. The predicted octanol–water partition coefficient (Wildman–Crippen LogP) is 3.49. The molecular weight excluding hydrogens is 394 g/mol. The number of hydrogen-bond donors (Lipinski definition) is 1. The highest BCUT2D eigenvalue weighted by Crippen LogP contribution is 2.36. The van der Waals surface area contributed by atoms with E-state index in [9.17, 15) is 9.59 Å². The zero-order valence-corrected chi connectivity index (χ0v) is 16.7. The molecule has 148 valence electrons. The third-order valence-electron chi connectivity index (χ3n) is 4.11. The molecule has 4 aromatic heterocycles. The molecule has 10 heteroatoms. The quantitative estimate of drug-likeness (QED) is 0.500. The van der Waals surface area contributed by atoms with Crippen LogP contribution in [0.25, 0.3) is 17.1 Å². The van der Waals surface area contributed by atoms with E-state index in [0.717, 1.165) is 11.4 Å². The average molecular weight is 411 g/mol. The number of hydrogen-bond acceptors (Lipinski definition) is 8. The van der Waals surface area contributed by atoms with Crippen molar-refractivity contribution in [3.8, 4) is 11.3 Å². The summed E-state index contributed by atoms with van der Waals surface area (Å²) >= 11 is 1.19. The molecule has 0 unspecified atom stereocenters. The zero-order chi connectivity index (χ0) is 20.5. The number of anilines is 1. The highest BCUT2D eigenvalue weighted by molar-refractivity contribution is 7.15. The van der Waals surface area contributed by atoms with Gasteiger partial charge in [0.25, 0.3) is 11.7 Å². The van der Waals surface area contributed by atoms with Crippen LogP contribution >= 0.6 is 11.3 Å². The van der Waals surface area contributed by atoms with Gasteiger partial charge in [0.15, 0.2) is 0 Å². The van der Waals surface area contributed by atoms with Gasteiger partial charge in [-0.1, -0.05) is 0 Å². The highest BCUT2D eigenvalue weighted by atomic mass is 32.1. The maximum absolute atomic E-state index is 12.8. The molecule has 4 aromatic rings. The lowest BCUT2D eigenvalue weighted by molar-refractivity contribution is 0.0529. The number of nitrogens with one attached hydrogen (secondary N) is 1. The van der Waals surface area contributed by atoms with Crippen LogP contribution in [0.1, 0.15) is 39.3 Å². The third kappa shape index (κ3) is 3.49. The summed E-state index contributed by atoms with van der Waals surface area (Å²) in [5.74, 6) is -0.307. The minimum absolute atomic E-state index is 0.0473. The molecule has 0 spiro atoms. The number of furan rings is 1. The van der Waals surface area contributed by atoms with Gasteiger partial charge >= 0.3 is 5.97 Å². The first-order valence-electron chi connectivity index (χ1n) is 8.82. The monoisotopic (exact) mass is 411 g/mol. The highest BCUT2D eigenvalue weighted by Gasteiger charge is 2.25. The molecule has 0 atom stereocenters. The number of carbonyl (C=O) groups is 2. The van der Waals surface area contributed by atoms with E-state index < -0.39 is 11.9 Å². The van der Waals surface area contributed by atoms with Crippen molar-refractivity contribution in [2.24, 2.45) is 0 Å². The second-order valence-electron chi connectivity index (χ2n) is 6.19. The van der Waals surface area contributed by atoms with Crippen molar-refractivity contribution < 1.29 is 18.7 Å². The van der Waals surface area contributed by atoms with Crippen LogP contribution in [0.4, 0.5) is 5.00 Å². The summed E-state index contributed by atoms with van der Waals surface area (Å²) in [5, 5.41) is 8.99. The summed E-state index contributed by atoms with van der Waals surface area (Å²) in [7, 11) is 0. The zero-order valence-electron chi connectivity index (χ0n) is 15.9. The summed E-state index contributed by atoms with van der Waals surface area (Å²) in [6.45, 7) is 5.62. The van der Waals surface area contributed by atoms with Crippen molar-refractivity contribution in [2.45, 2.75) is 20.8 Å². The summed E-state index contributed by atoms with van der Waals surface area (Å²) in [6, 6.07) is 5.30. The van der Waals surface area contributed by atoms with Gasteiger partial charge in [-0.2, -0.15) is 4.98 Å². The van der Waals surface area contributed by atoms with E-state index in [-0.39, 0.29) is 18.0 Å². The van der Waals surface area contributed by atoms with Gasteiger partial charge in [-0.05, 0) is 39.0 Å². The number of rotatable bonds is 5. The fraction of sp³-hybridized carbons (Fsp3) is 0.211. The molecule has 1 amide bonds. The Morgan fingerprint density at radius 3 is 2.86 bits per heavy atom. The lowest BCUT2D eigenvalue weighted by Gasteiger charge is -2.06. The van der Waals surface area contributed by atoms with Gasteiger partial charge in [0.05, 0.1) is 12.9 Å². The molecule has 0 aromatic carbocycles. The Morgan fingerprint density at radius 2 is 2.14 bits per heavy atom. The lowest BCUT2D eigenvalue weighted by atomic mass is 10.1. The van der Waals surface area contributed by atoms with E-state index in [1.807, 2.05) is 19.9 Å². The van der Waals surface area contributed by atoms with Gasteiger partial charge < -0.3 is 14.5 Å². The van der Waals surface area contributed by atoms with Crippen LogP contribution < -0.4 is 5.32 Å². The van der Waals surface area contributed by atoms with E-state index in [1.54, 1.807) is 24.4 Å². The number of ether oxygens (including phenoxy) is 1. The first-order valence-corrected chi connectivity index (χ1v) is 9.70. The second-order valence-corrected chi connectivity index (χ2v) is 7.07. The van der Waals surface area contributed by atoms with Crippen LogP contribution in [0.15, 0.2) is 34.3 Å². The van der Waals surface area contributed by atoms with E-state index in [0.29, 0.717) is 22.1 Å². The fourth-order valence-corrected chi connectivity index (χ4v) is 3.82. The number of aromatic nitrogens is 4. The summed E-state index contributed by atoms with van der Waals surface area (Å²) < 4.78 is 12.1. The molecule has 4 rings (SSSR count). The second kappa shape index (κ2) is 7.47. The summed E-state index contributed by atoms with van der Waals surface area (Å²) in [5.41, 5.74) is 2.36. The molecule has 1 N–H and O–H groups in total. The molecule has 4 heterocycles. The predicted molar refractivity (Wildman–Crippen MR) is 106 cm³/mol. The molecule has 0 aliphatic carbocycles. The van der Waals surface area contributed by atoms with E-state index in [4.69, 9.17) is 9.15 Å². The van der Waals surface area contributed by atoms with Crippen molar-refractivity contribution >= 4 is 34.0 Å². The first-order chi connectivity index (χ1) is 14.0. The van der Waals surface area contributed by atoms with Gasteiger partial charge in [0, 0.05) is 22.3 Å². The minimum atomic E-state index is -0.550. The SMILES string of the molecule is CCOC(=O)c1c(-c2ccco2)csc1NC(=O)c1nc2nc(C)cc(C)n2n1. The molecule has 0 saturated heterocycles. The van der Waals surface area contributed by atoms with Crippen LogP contribution in [0, 0.1) is 13.8 Å². The van der Waals surface area contributed by atoms with Crippen molar-refractivity contribution in [1.82, 2.24) is 19.6 Å². The third-order valence-corrected chi connectivity index (χ3v) is 5.00. The van der Waals surface area contributed by atoms with Crippen LogP contribution in [0.2, 0.25) is 0 Å². The van der Waals surface area contributed by atoms with E-state index in [2.05, 4.69) is 20.4 Å². The van der Waals surface area contributed by atoms with Crippen LogP contribution in [-0.4, -0.2) is 38.1 Å². The summed E-state index contributed by atoms with van der Waals surface area (Å²) in [4.78, 5) is 33.8. The maximum Gasteiger partial charge on any atom is 0.341 e. The number of thiophene rings is 1. The largest absolute Gasteiger partial charge is 0.464 e. The number of aryl methyl sites for hydroxylation is 2. The van der Waals surface area contributed by atoms with Gasteiger partial charge in [-0.3, -0.25) is 4.79 Å². The van der Waals surface area contributed by atoms with Gasteiger partial charge in [0.2, 0.25) is 5.82 Å². The molecular formula is C19H17N5O4S. The van der Waals surface area contributed by atoms with Crippen molar-refractivity contribution in [3.63, 3.8) is 0 Å². The normalized spacial score (nSPS) is 11.0. The van der Waals surface area contributed by atoms with Crippen molar-refractivity contribution in [2.75, 3.05) is 11.9 Å². The van der Waals surface area contributed by atoms with Gasteiger partial charge in [-0.25, -0.2) is 14.3 Å². The number of amides is 1. The van der Waals surface area contributed by atoms with Crippen LogP contribution in [0.5, 0.6) is 0 Å². The van der Waals surface area contributed by atoms with E-state index in [1.165, 1.54) is 22.1 Å². The van der Waals surface area contributed by atoms with Crippen LogP contribution in [0.3, 0.4) is 0 Å². The number of fused-ring (bicyclic) bond motifs is 1. The average Bonchev–Trinajstić information content (AvgIpc) is 3.40. The smallest absolute Gasteiger partial charge is 0.341 e. The number of carbonyl (C=O) groups excluding carboxylic acids is 2. The Morgan fingerprint density at radius 1 is 1.31 bits per heavy atom. The van der Waals surface area contributed by atoms with Crippen molar-refractivity contribution in [3.05, 3.63) is 52.6 Å². The standard InChI is InChI=1S/C19H17N5O4S/c1-4-27-18(26)14-12(13-6-5-7-28-13)9-29-17(14)22-16(25)15-21-19-20-10(2)8-11(3)24(19)23-15/h5-9H,4H2,1-3H3,(H,22,25). The Bertz CT molecular complexity index is 1210. The Hall–Kier alpha value is -3.53. The van der Waals surface area contributed by atoms with Crippen LogP contribution in [-0.2, 0) is 4.74 Å². The maximum atomic E-state index is 12.8. The Balaban J connectivity index is 1.69. The number of nitrogens with zero attached hydrogens (tertiary/aromatic N) is 4. The molecule has 0 fully saturated rings. The molecule has 0 bridgehead atoms. The summed E-state index contributed by atoms with van der Waals surface area (Å²) in [6.07, 6.45) is 1.51.